The zero-order valence-electron chi connectivity index (χ0n) is 24.8. The van der Waals surface area contributed by atoms with Gasteiger partial charge in [0.1, 0.15) is 23.7 Å². The molecule has 15 heteroatoms. The highest BCUT2D eigenvalue weighted by molar-refractivity contribution is 8.15. The van der Waals surface area contributed by atoms with Gasteiger partial charge in [-0.25, -0.2) is 23.2 Å². The van der Waals surface area contributed by atoms with Crippen molar-refractivity contribution in [3.05, 3.63) is 120 Å². The summed E-state index contributed by atoms with van der Waals surface area (Å²) in [6, 6.07) is 19.5. The van der Waals surface area contributed by atoms with E-state index < -0.39 is 24.0 Å². The van der Waals surface area contributed by atoms with Crippen LogP contribution >= 0.6 is 11.8 Å². The minimum Gasteiger partial charge on any atom is -0.406 e. The van der Waals surface area contributed by atoms with Crippen LogP contribution in [0.2, 0.25) is 0 Å². The lowest BCUT2D eigenvalue weighted by atomic mass is 10.0. The van der Waals surface area contributed by atoms with E-state index in [1.54, 1.807) is 18.2 Å². The summed E-state index contributed by atoms with van der Waals surface area (Å²) in [5, 5.41) is 6.75. The number of carbonyl (C=O) groups is 2. The lowest BCUT2D eigenvalue weighted by molar-refractivity contribution is -0.274. The number of aliphatic imine (C=N–C) groups is 1. The fourth-order valence-corrected chi connectivity index (χ4v) is 5.74. The van der Waals surface area contributed by atoms with E-state index in [1.165, 1.54) is 52.3 Å². The highest BCUT2D eigenvalue weighted by Gasteiger charge is 2.33. The van der Waals surface area contributed by atoms with E-state index in [9.17, 15) is 27.2 Å². The molecule has 0 aliphatic carbocycles. The van der Waals surface area contributed by atoms with Gasteiger partial charge in [0, 0.05) is 5.56 Å². The van der Waals surface area contributed by atoms with Crippen LogP contribution in [0.5, 0.6) is 5.75 Å². The summed E-state index contributed by atoms with van der Waals surface area (Å²) in [6.07, 6.45) is -3.19. The molecule has 9 nitrogen and oxygen atoms in total. The van der Waals surface area contributed by atoms with Crippen molar-refractivity contribution in [3.63, 3.8) is 0 Å². The number of amidine groups is 1. The number of nitrogens with one attached hydrogen (secondary N) is 1. The van der Waals surface area contributed by atoms with Crippen molar-refractivity contribution in [2.75, 3.05) is 16.0 Å². The molecule has 0 atom stereocenters. The van der Waals surface area contributed by atoms with Gasteiger partial charge in [-0.05, 0) is 90.7 Å². The largest absolute Gasteiger partial charge is 0.573 e. The number of aromatic nitrogens is 3. The monoisotopic (exact) mass is 678 g/mol. The number of alkyl halides is 3. The summed E-state index contributed by atoms with van der Waals surface area (Å²) < 4.78 is 71.4. The van der Waals surface area contributed by atoms with Gasteiger partial charge in [0.2, 0.25) is 5.91 Å². The van der Waals surface area contributed by atoms with Crippen LogP contribution in [-0.2, 0) is 11.2 Å². The number of hydrogen-bond acceptors (Lipinski definition) is 6. The third-order valence-electron chi connectivity index (χ3n) is 7.02. The number of carbonyl (C=O) groups excluding carboxylic acids is 2. The first kappa shape index (κ1) is 32.4. The van der Waals surface area contributed by atoms with Crippen LogP contribution in [0.4, 0.5) is 38.1 Å². The molecule has 0 spiro atoms. The molecular weight excluding hydrogens is 655 g/mol. The number of nitrogens with zero attached hydrogens (tertiary/aromatic N) is 5. The van der Waals surface area contributed by atoms with E-state index in [2.05, 4.69) is 25.1 Å². The molecule has 1 fully saturated rings. The van der Waals surface area contributed by atoms with Gasteiger partial charge in [-0.15, -0.1) is 18.3 Å². The second-order valence-electron chi connectivity index (χ2n) is 10.5. The zero-order chi connectivity index (χ0) is 34.0. The molecule has 1 N–H and O–H groups in total. The summed E-state index contributed by atoms with van der Waals surface area (Å²) in [5.74, 6) is -1.74. The number of hydrogen-bond donors (Lipinski definition) is 1. The van der Waals surface area contributed by atoms with Crippen molar-refractivity contribution in [3.8, 4) is 22.8 Å². The number of rotatable bonds is 7. The highest BCUT2D eigenvalue weighted by Crippen LogP contribution is 2.32. The smallest absolute Gasteiger partial charge is 0.406 e. The molecule has 2 heterocycles. The van der Waals surface area contributed by atoms with Crippen LogP contribution in [-0.4, -0.2) is 44.0 Å². The molecule has 0 unspecified atom stereocenters. The summed E-state index contributed by atoms with van der Waals surface area (Å²) >= 11 is 1.06. The Balaban J connectivity index is 1.17. The quantitative estimate of drug-likeness (QED) is 0.177. The second kappa shape index (κ2) is 13.3. The zero-order valence-corrected chi connectivity index (χ0v) is 25.6. The van der Waals surface area contributed by atoms with Gasteiger partial charge >= 0.3 is 12.4 Å². The van der Waals surface area contributed by atoms with Crippen molar-refractivity contribution in [1.29, 1.82) is 0 Å². The van der Waals surface area contributed by atoms with Gasteiger partial charge in [-0.3, -0.25) is 9.69 Å². The molecule has 1 aliphatic heterocycles. The number of thioether (sulfide) groups is 1. The fourth-order valence-electron chi connectivity index (χ4n) is 4.89. The number of anilines is 2. The third kappa shape index (κ3) is 7.52. The predicted molar refractivity (Wildman–Crippen MR) is 170 cm³/mol. The SMILES string of the molecule is Cc1ccc(Cc2cccc(F)c2)c(N2C(=O)CSC2=NC(=O)Nc2ccc(-c3ncn(-c4ccc(OC(F)(F)F)cc4)n3)cc2F)c1. The van der Waals surface area contributed by atoms with E-state index in [4.69, 9.17) is 0 Å². The van der Waals surface area contributed by atoms with Crippen molar-refractivity contribution >= 4 is 40.2 Å². The first-order valence-corrected chi connectivity index (χ1v) is 15.2. The van der Waals surface area contributed by atoms with Crippen molar-refractivity contribution in [2.45, 2.75) is 19.7 Å². The molecule has 4 aromatic carbocycles. The maximum atomic E-state index is 15.1. The molecular formula is C33H23F5N6O3S. The summed E-state index contributed by atoms with van der Waals surface area (Å²) in [5.41, 5.74) is 3.25. The summed E-state index contributed by atoms with van der Waals surface area (Å²) in [6.45, 7) is 1.85. The van der Waals surface area contributed by atoms with Gasteiger partial charge in [0.15, 0.2) is 11.0 Å². The number of aryl methyl sites for hydroxylation is 1. The van der Waals surface area contributed by atoms with Gasteiger partial charge in [-0.2, -0.15) is 4.99 Å². The van der Waals surface area contributed by atoms with Crippen LogP contribution < -0.4 is 15.0 Å². The molecule has 5 aromatic rings. The first-order chi connectivity index (χ1) is 22.9. The number of urea groups is 1. The summed E-state index contributed by atoms with van der Waals surface area (Å²) in [7, 11) is 0. The first-order valence-electron chi connectivity index (χ1n) is 14.2. The van der Waals surface area contributed by atoms with E-state index in [1.807, 2.05) is 19.1 Å². The minimum absolute atomic E-state index is 0.0354. The molecule has 1 aliphatic rings. The number of amides is 3. The Labute approximate surface area is 274 Å². The molecule has 6 rings (SSSR count). The average molecular weight is 679 g/mol. The molecule has 0 bridgehead atoms. The molecule has 3 amide bonds. The van der Waals surface area contributed by atoms with Crippen LogP contribution in [0.25, 0.3) is 17.1 Å². The van der Waals surface area contributed by atoms with Crippen molar-refractivity contribution in [2.24, 2.45) is 4.99 Å². The Morgan fingerprint density at radius 2 is 1.81 bits per heavy atom. The molecule has 48 heavy (non-hydrogen) atoms. The Hall–Kier alpha value is -5.57. The van der Waals surface area contributed by atoms with Crippen LogP contribution in [0.1, 0.15) is 16.7 Å². The Morgan fingerprint density at radius 1 is 1.02 bits per heavy atom. The molecule has 1 saturated heterocycles. The van der Waals surface area contributed by atoms with E-state index in [-0.39, 0.29) is 39.7 Å². The van der Waals surface area contributed by atoms with Gasteiger partial charge in [-0.1, -0.05) is 36.0 Å². The van der Waals surface area contributed by atoms with Crippen LogP contribution in [0.3, 0.4) is 0 Å². The number of benzene rings is 4. The maximum absolute atomic E-state index is 15.1. The predicted octanol–water partition coefficient (Wildman–Crippen LogP) is 7.68. The lowest BCUT2D eigenvalue weighted by Crippen LogP contribution is -2.31. The number of ether oxygens (including phenoxy) is 1. The molecule has 1 aromatic heterocycles. The van der Waals surface area contributed by atoms with Gasteiger partial charge in [0.25, 0.3) is 0 Å². The average Bonchev–Trinajstić information content (AvgIpc) is 3.66. The van der Waals surface area contributed by atoms with E-state index >= 15 is 4.39 Å². The number of halogens is 5. The standard InChI is InChI=1S/C33H23F5N6O3S/c1-19-5-6-21(14-20-3-2-4-23(34)15-20)28(13-19)44-29(45)17-48-32(44)41-31(46)40-27-12-7-22(16-26(27)35)30-39-18-43(42-30)24-8-10-25(11-9-24)47-33(36,37)38/h2-13,15-16,18H,14,17H2,1H3,(H,40,46). The molecule has 0 saturated carbocycles. The lowest BCUT2D eigenvalue weighted by Gasteiger charge is -2.20. The minimum atomic E-state index is -4.82. The Bertz CT molecular complexity index is 2050. The summed E-state index contributed by atoms with van der Waals surface area (Å²) in [4.78, 5) is 35.5. The van der Waals surface area contributed by atoms with Crippen LogP contribution in [0.15, 0.2) is 96.2 Å². The topological polar surface area (TPSA) is 102 Å². The Morgan fingerprint density at radius 3 is 2.54 bits per heavy atom. The third-order valence-corrected chi connectivity index (χ3v) is 7.95. The maximum Gasteiger partial charge on any atom is 0.573 e. The van der Waals surface area contributed by atoms with Gasteiger partial charge in [0.05, 0.1) is 22.8 Å². The highest BCUT2D eigenvalue weighted by atomic mass is 32.2. The van der Waals surface area contributed by atoms with E-state index in [0.29, 0.717) is 23.4 Å². The second-order valence-corrected chi connectivity index (χ2v) is 11.5. The molecule has 0 radical (unpaired) electrons. The van der Waals surface area contributed by atoms with Gasteiger partial charge < -0.3 is 10.1 Å². The molecule has 244 valence electrons. The van der Waals surface area contributed by atoms with Crippen molar-refractivity contribution < 1.29 is 36.3 Å². The van der Waals surface area contributed by atoms with Crippen molar-refractivity contribution in [1.82, 2.24) is 14.8 Å². The normalized spacial score (nSPS) is 14.1. The van der Waals surface area contributed by atoms with E-state index in [0.717, 1.165) is 41.1 Å². The van der Waals surface area contributed by atoms with Crippen LogP contribution in [0, 0.1) is 18.6 Å². The Kier molecular flexibility index (Phi) is 8.95. The fraction of sp³-hybridized carbons (Fsp3) is 0.121.